The largest absolute Gasteiger partial charge is 0.481 e. The minimum atomic E-state index is -0.729. The molecule has 0 fully saturated rings. The molecule has 0 aliphatic rings. The fraction of sp³-hybridized carbons (Fsp3) is 0.895. The molecule has 0 aliphatic carbocycles. The highest BCUT2D eigenvalue weighted by Gasteiger charge is 2.09. The molecule has 0 saturated heterocycles. The lowest BCUT2D eigenvalue weighted by Gasteiger charge is -2.13. The maximum atomic E-state index is 11.7. The summed E-state index contributed by atoms with van der Waals surface area (Å²) in [7, 11) is 0. The maximum absolute atomic E-state index is 11.7. The summed E-state index contributed by atoms with van der Waals surface area (Å²) >= 11 is 0. The molecule has 23 heavy (non-hydrogen) atoms. The standard InChI is InChI=1S/C19H36O4/c1-3-4-5-6-8-11-14-17(2)23-19(22)16-13-10-7-9-12-15-18(20)21/h17H,3-16H2,1-2H3,(H,20,21). The minimum Gasteiger partial charge on any atom is -0.481 e. The topological polar surface area (TPSA) is 63.6 Å². The van der Waals surface area contributed by atoms with Gasteiger partial charge in [-0.15, -0.1) is 0 Å². The summed E-state index contributed by atoms with van der Waals surface area (Å²) in [5, 5.41) is 8.53. The van der Waals surface area contributed by atoms with Crippen molar-refractivity contribution in [2.24, 2.45) is 0 Å². The number of esters is 1. The van der Waals surface area contributed by atoms with E-state index in [-0.39, 0.29) is 18.5 Å². The van der Waals surface area contributed by atoms with Crippen molar-refractivity contribution in [2.45, 2.75) is 110 Å². The number of unbranched alkanes of at least 4 members (excludes halogenated alkanes) is 9. The van der Waals surface area contributed by atoms with Gasteiger partial charge in [0, 0.05) is 12.8 Å². The molecule has 0 radical (unpaired) electrons. The number of aliphatic carboxylic acids is 1. The van der Waals surface area contributed by atoms with Gasteiger partial charge in [0.05, 0.1) is 6.10 Å². The van der Waals surface area contributed by atoms with Crippen molar-refractivity contribution in [1.82, 2.24) is 0 Å². The molecule has 0 aromatic rings. The number of rotatable bonds is 16. The average Bonchev–Trinajstić information content (AvgIpc) is 2.49. The van der Waals surface area contributed by atoms with Crippen LogP contribution in [0.1, 0.15) is 104 Å². The summed E-state index contributed by atoms with van der Waals surface area (Å²) < 4.78 is 5.42. The fourth-order valence-corrected chi connectivity index (χ4v) is 2.63. The fourth-order valence-electron chi connectivity index (χ4n) is 2.63. The third-order valence-electron chi connectivity index (χ3n) is 4.07. The summed E-state index contributed by atoms with van der Waals surface area (Å²) in [5.41, 5.74) is 0. The first-order valence-electron chi connectivity index (χ1n) is 9.47. The number of hydrogen-bond acceptors (Lipinski definition) is 3. The van der Waals surface area contributed by atoms with E-state index in [2.05, 4.69) is 6.92 Å². The molecule has 4 heteroatoms. The summed E-state index contributed by atoms with van der Waals surface area (Å²) in [6.07, 6.45) is 13.8. The summed E-state index contributed by atoms with van der Waals surface area (Å²) in [4.78, 5) is 22.1. The normalized spacial score (nSPS) is 12.1. The molecule has 0 heterocycles. The van der Waals surface area contributed by atoms with Gasteiger partial charge in [-0.3, -0.25) is 9.59 Å². The van der Waals surface area contributed by atoms with Crippen LogP contribution in [-0.2, 0) is 14.3 Å². The summed E-state index contributed by atoms with van der Waals surface area (Å²) in [6.45, 7) is 4.20. The lowest BCUT2D eigenvalue weighted by molar-refractivity contribution is -0.148. The Balaban J connectivity index is 3.38. The molecule has 0 aliphatic heterocycles. The van der Waals surface area contributed by atoms with E-state index in [0.717, 1.165) is 44.9 Å². The Bertz CT molecular complexity index is 302. The Morgan fingerprint density at radius 1 is 0.826 bits per heavy atom. The second-order valence-electron chi connectivity index (χ2n) is 6.52. The number of carbonyl (C=O) groups excluding carboxylic acids is 1. The van der Waals surface area contributed by atoms with Gasteiger partial charge in [0.1, 0.15) is 0 Å². The monoisotopic (exact) mass is 328 g/mol. The quantitative estimate of drug-likeness (QED) is 0.301. The maximum Gasteiger partial charge on any atom is 0.306 e. The first-order chi connectivity index (χ1) is 11.1. The van der Waals surface area contributed by atoms with Crippen LogP contribution in [0.25, 0.3) is 0 Å². The SMILES string of the molecule is CCCCCCCCC(C)OC(=O)CCCCCCCC(=O)O. The second kappa shape index (κ2) is 15.8. The lowest BCUT2D eigenvalue weighted by atomic mass is 10.1. The number of carboxylic acids is 1. The van der Waals surface area contributed by atoms with Gasteiger partial charge in [0.25, 0.3) is 0 Å². The van der Waals surface area contributed by atoms with Crippen LogP contribution < -0.4 is 0 Å². The van der Waals surface area contributed by atoms with E-state index in [1.54, 1.807) is 0 Å². The molecule has 0 saturated carbocycles. The predicted octanol–water partition coefficient (Wildman–Crippen LogP) is 5.48. The molecule has 4 nitrogen and oxygen atoms in total. The molecular formula is C19H36O4. The Hall–Kier alpha value is -1.06. The molecular weight excluding hydrogens is 292 g/mol. The van der Waals surface area contributed by atoms with E-state index in [9.17, 15) is 9.59 Å². The zero-order valence-electron chi connectivity index (χ0n) is 15.1. The van der Waals surface area contributed by atoms with Gasteiger partial charge >= 0.3 is 11.9 Å². The average molecular weight is 328 g/mol. The van der Waals surface area contributed by atoms with E-state index < -0.39 is 5.97 Å². The predicted molar refractivity (Wildman–Crippen MR) is 93.5 cm³/mol. The lowest BCUT2D eigenvalue weighted by Crippen LogP contribution is -2.14. The number of carbonyl (C=O) groups is 2. The third kappa shape index (κ3) is 17.1. The highest BCUT2D eigenvalue weighted by molar-refractivity contribution is 5.69. The van der Waals surface area contributed by atoms with Gasteiger partial charge in [0.2, 0.25) is 0 Å². The van der Waals surface area contributed by atoms with Crippen LogP contribution in [-0.4, -0.2) is 23.1 Å². The molecule has 0 aromatic carbocycles. The summed E-state index contributed by atoms with van der Waals surface area (Å²) in [6, 6.07) is 0. The van der Waals surface area contributed by atoms with Crippen LogP contribution in [0.15, 0.2) is 0 Å². The van der Waals surface area contributed by atoms with Gasteiger partial charge in [-0.1, -0.05) is 58.3 Å². The van der Waals surface area contributed by atoms with Gasteiger partial charge in [-0.05, 0) is 32.6 Å². The van der Waals surface area contributed by atoms with Crippen LogP contribution in [0.5, 0.6) is 0 Å². The number of ether oxygens (including phenoxy) is 1. The zero-order chi connectivity index (χ0) is 17.3. The van der Waals surface area contributed by atoms with E-state index in [0.29, 0.717) is 6.42 Å². The molecule has 136 valence electrons. The van der Waals surface area contributed by atoms with Gasteiger partial charge < -0.3 is 9.84 Å². The molecule has 0 bridgehead atoms. The molecule has 0 amide bonds. The first kappa shape index (κ1) is 21.9. The number of carboxylic acid groups (broad SMARTS) is 1. The van der Waals surface area contributed by atoms with Crippen LogP contribution >= 0.6 is 0 Å². The van der Waals surface area contributed by atoms with Crippen LogP contribution in [0, 0.1) is 0 Å². The van der Waals surface area contributed by atoms with Crippen LogP contribution in [0.2, 0.25) is 0 Å². The Morgan fingerprint density at radius 2 is 1.35 bits per heavy atom. The molecule has 0 aromatic heterocycles. The number of hydrogen-bond donors (Lipinski definition) is 1. The Kier molecular flexibility index (Phi) is 15.1. The molecule has 1 unspecified atom stereocenters. The van der Waals surface area contributed by atoms with Crippen molar-refractivity contribution in [3.8, 4) is 0 Å². The molecule has 0 rings (SSSR count). The van der Waals surface area contributed by atoms with E-state index in [1.807, 2.05) is 6.92 Å². The van der Waals surface area contributed by atoms with Crippen LogP contribution in [0.4, 0.5) is 0 Å². The first-order valence-corrected chi connectivity index (χ1v) is 9.47. The highest BCUT2D eigenvalue weighted by Crippen LogP contribution is 2.12. The molecule has 0 spiro atoms. The van der Waals surface area contributed by atoms with Crippen LogP contribution in [0.3, 0.4) is 0 Å². The van der Waals surface area contributed by atoms with Gasteiger partial charge in [-0.25, -0.2) is 0 Å². The third-order valence-corrected chi connectivity index (χ3v) is 4.07. The van der Waals surface area contributed by atoms with E-state index in [4.69, 9.17) is 9.84 Å². The smallest absolute Gasteiger partial charge is 0.306 e. The van der Waals surface area contributed by atoms with Crippen molar-refractivity contribution in [3.05, 3.63) is 0 Å². The van der Waals surface area contributed by atoms with E-state index in [1.165, 1.54) is 32.1 Å². The molecule has 1 N–H and O–H groups in total. The van der Waals surface area contributed by atoms with Crippen molar-refractivity contribution in [2.75, 3.05) is 0 Å². The Labute approximate surface area is 142 Å². The van der Waals surface area contributed by atoms with E-state index >= 15 is 0 Å². The van der Waals surface area contributed by atoms with Crippen molar-refractivity contribution in [3.63, 3.8) is 0 Å². The Morgan fingerprint density at radius 3 is 1.96 bits per heavy atom. The summed E-state index contributed by atoms with van der Waals surface area (Å²) in [5.74, 6) is -0.818. The zero-order valence-corrected chi connectivity index (χ0v) is 15.1. The van der Waals surface area contributed by atoms with Crippen molar-refractivity contribution < 1.29 is 19.4 Å². The highest BCUT2D eigenvalue weighted by atomic mass is 16.5. The second-order valence-corrected chi connectivity index (χ2v) is 6.52. The van der Waals surface area contributed by atoms with Crippen molar-refractivity contribution >= 4 is 11.9 Å². The van der Waals surface area contributed by atoms with Gasteiger partial charge in [0.15, 0.2) is 0 Å². The minimum absolute atomic E-state index is 0.0317. The van der Waals surface area contributed by atoms with Gasteiger partial charge in [-0.2, -0.15) is 0 Å². The van der Waals surface area contributed by atoms with Crippen molar-refractivity contribution in [1.29, 1.82) is 0 Å². The molecule has 1 atom stereocenters.